The van der Waals surface area contributed by atoms with Crippen molar-refractivity contribution in [3.63, 3.8) is 0 Å². The van der Waals surface area contributed by atoms with Crippen LogP contribution >= 0.6 is 11.6 Å². The Hall–Kier alpha value is -4.11. The third kappa shape index (κ3) is 6.79. The number of nitrogens with zero attached hydrogens (tertiary/aromatic N) is 3. The Morgan fingerprint density at radius 1 is 1.10 bits per heavy atom. The largest absolute Gasteiger partial charge is 0.444 e. The van der Waals surface area contributed by atoms with Crippen LogP contribution in [-0.2, 0) is 16.0 Å². The van der Waals surface area contributed by atoms with Crippen LogP contribution < -0.4 is 10.2 Å². The van der Waals surface area contributed by atoms with Gasteiger partial charge in [-0.05, 0) is 62.2 Å². The molecule has 41 heavy (non-hydrogen) atoms. The predicted octanol–water partition coefficient (Wildman–Crippen LogP) is 5.81. The van der Waals surface area contributed by atoms with Gasteiger partial charge in [0.05, 0.1) is 5.69 Å². The number of hydrogen-bond donors (Lipinski definition) is 2. The molecule has 4 aromatic rings. The Kier molecular flexibility index (Phi) is 8.17. The van der Waals surface area contributed by atoms with Crippen molar-refractivity contribution in [2.75, 3.05) is 31.1 Å². The zero-order valence-electron chi connectivity index (χ0n) is 23.3. The summed E-state index contributed by atoms with van der Waals surface area (Å²) in [5.74, 6) is -0.500. The molecule has 2 aromatic carbocycles. The summed E-state index contributed by atoms with van der Waals surface area (Å²) in [5.41, 5.74) is 3.41. The predicted molar refractivity (Wildman–Crippen MR) is 159 cm³/mol. The van der Waals surface area contributed by atoms with E-state index in [9.17, 15) is 14.0 Å². The highest BCUT2D eigenvalue weighted by atomic mass is 35.5. The lowest BCUT2D eigenvalue weighted by Gasteiger charge is -2.38. The first-order valence-corrected chi connectivity index (χ1v) is 13.9. The van der Waals surface area contributed by atoms with Gasteiger partial charge in [0.2, 0.25) is 5.91 Å². The minimum atomic E-state index is -0.808. The lowest BCUT2D eigenvalue weighted by molar-refractivity contribution is -0.133. The van der Waals surface area contributed by atoms with Crippen molar-refractivity contribution in [2.24, 2.45) is 0 Å². The van der Waals surface area contributed by atoms with Crippen LogP contribution in [0.2, 0.25) is 5.02 Å². The molecule has 0 bridgehead atoms. The molecule has 5 rings (SSSR count). The van der Waals surface area contributed by atoms with Gasteiger partial charge < -0.3 is 24.8 Å². The number of rotatable bonds is 6. The summed E-state index contributed by atoms with van der Waals surface area (Å²) >= 11 is 6.05. The second kappa shape index (κ2) is 11.8. The standard InChI is InChI=1S/C31H33ClFN5O3/c1-31(2,3)41-30(40)36-26(17-20-7-9-22(32)10-8-20)29(39)38-15-13-37(14-16-38)27-24-11-12-34-28(24)35-19-25(27)21-5-4-6-23(33)18-21/h4-12,18-19,26H,13-17H2,1-3H3,(H,34,35)(H,36,40). The van der Waals surface area contributed by atoms with Crippen LogP contribution in [0.5, 0.6) is 0 Å². The Morgan fingerprint density at radius 2 is 1.83 bits per heavy atom. The van der Waals surface area contributed by atoms with Gasteiger partial charge in [-0.15, -0.1) is 0 Å². The molecule has 1 aliphatic rings. The maximum atomic E-state index is 14.1. The molecule has 1 saturated heterocycles. The van der Waals surface area contributed by atoms with E-state index in [1.54, 1.807) is 50.1 Å². The summed E-state index contributed by atoms with van der Waals surface area (Å²) in [6.45, 7) is 7.34. The molecule has 1 aliphatic heterocycles. The number of hydrogen-bond acceptors (Lipinski definition) is 5. The molecular formula is C31H33ClFN5O3. The third-order valence-corrected chi connectivity index (χ3v) is 7.20. The minimum absolute atomic E-state index is 0.183. The summed E-state index contributed by atoms with van der Waals surface area (Å²) in [6, 6.07) is 14.8. The van der Waals surface area contributed by atoms with Gasteiger partial charge in [-0.3, -0.25) is 4.79 Å². The number of amides is 2. The van der Waals surface area contributed by atoms with Crippen molar-refractivity contribution in [1.29, 1.82) is 0 Å². The number of piperazine rings is 1. The second-order valence-corrected chi connectivity index (χ2v) is 11.5. The van der Waals surface area contributed by atoms with Crippen molar-refractivity contribution in [3.05, 3.63) is 83.4 Å². The molecule has 0 radical (unpaired) electrons. The molecule has 1 unspecified atom stereocenters. The smallest absolute Gasteiger partial charge is 0.408 e. The number of nitrogens with one attached hydrogen (secondary N) is 2. The van der Waals surface area contributed by atoms with Crippen LogP contribution in [0.15, 0.2) is 67.0 Å². The maximum Gasteiger partial charge on any atom is 0.408 e. The van der Waals surface area contributed by atoms with E-state index in [0.29, 0.717) is 37.6 Å². The first-order chi connectivity index (χ1) is 19.6. The average molecular weight is 578 g/mol. The van der Waals surface area contributed by atoms with Crippen molar-refractivity contribution < 1.29 is 18.7 Å². The minimum Gasteiger partial charge on any atom is -0.444 e. The number of fused-ring (bicyclic) bond motifs is 1. The van der Waals surface area contributed by atoms with Gasteiger partial charge in [0.25, 0.3) is 0 Å². The molecule has 1 atom stereocenters. The van der Waals surface area contributed by atoms with Gasteiger partial charge in [-0.1, -0.05) is 35.9 Å². The van der Waals surface area contributed by atoms with Crippen LogP contribution in [0.25, 0.3) is 22.2 Å². The number of ether oxygens (including phenoxy) is 1. The molecule has 214 valence electrons. The maximum absolute atomic E-state index is 14.1. The molecule has 2 aromatic heterocycles. The van der Waals surface area contributed by atoms with Gasteiger partial charge in [0.1, 0.15) is 23.1 Å². The van der Waals surface area contributed by atoms with Crippen molar-refractivity contribution >= 4 is 40.3 Å². The summed E-state index contributed by atoms with van der Waals surface area (Å²) in [5, 5.41) is 4.31. The molecule has 2 amide bonds. The summed E-state index contributed by atoms with van der Waals surface area (Å²) in [6.07, 6.45) is 3.25. The fraction of sp³-hybridized carbons (Fsp3) is 0.323. The molecule has 0 aliphatic carbocycles. The first-order valence-electron chi connectivity index (χ1n) is 13.6. The van der Waals surface area contributed by atoms with Gasteiger partial charge in [-0.2, -0.15) is 0 Å². The molecule has 2 N–H and O–H groups in total. The lowest BCUT2D eigenvalue weighted by Crippen LogP contribution is -2.56. The number of carbonyl (C=O) groups excluding carboxylic acids is 2. The van der Waals surface area contributed by atoms with Gasteiger partial charge >= 0.3 is 6.09 Å². The van der Waals surface area contributed by atoms with Crippen LogP contribution in [0.4, 0.5) is 14.9 Å². The van der Waals surface area contributed by atoms with E-state index < -0.39 is 17.7 Å². The normalized spacial score (nSPS) is 14.7. The number of aromatic amines is 1. The van der Waals surface area contributed by atoms with E-state index in [1.807, 2.05) is 30.5 Å². The monoisotopic (exact) mass is 577 g/mol. The van der Waals surface area contributed by atoms with E-state index in [0.717, 1.165) is 33.4 Å². The SMILES string of the molecule is CC(C)(C)OC(=O)NC(Cc1ccc(Cl)cc1)C(=O)N1CCN(c2c(-c3cccc(F)c3)cnc3[nH]ccc23)CC1. The molecule has 0 saturated carbocycles. The number of carbonyl (C=O) groups is 2. The third-order valence-electron chi connectivity index (χ3n) is 6.94. The first kappa shape index (κ1) is 28.4. The number of halogens is 2. The van der Waals surface area contributed by atoms with Gasteiger partial charge in [0, 0.05) is 61.0 Å². The van der Waals surface area contributed by atoms with Gasteiger partial charge in [0.15, 0.2) is 0 Å². The fourth-order valence-electron chi connectivity index (χ4n) is 5.08. The molecule has 1 fully saturated rings. The number of aromatic nitrogens is 2. The average Bonchev–Trinajstić information content (AvgIpc) is 3.41. The van der Waals surface area contributed by atoms with Crippen molar-refractivity contribution in [1.82, 2.24) is 20.2 Å². The van der Waals surface area contributed by atoms with Crippen LogP contribution in [0.3, 0.4) is 0 Å². The summed E-state index contributed by atoms with van der Waals surface area (Å²) < 4.78 is 19.6. The molecule has 0 spiro atoms. The number of anilines is 1. The Balaban J connectivity index is 1.36. The molecular weight excluding hydrogens is 545 g/mol. The van der Waals surface area contributed by atoms with E-state index in [-0.39, 0.29) is 11.7 Å². The molecule has 10 heteroatoms. The van der Waals surface area contributed by atoms with Crippen LogP contribution in [0.1, 0.15) is 26.3 Å². The Morgan fingerprint density at radius 3 is 2.51 bits per heavy atom. The number of pyridine rings is 1. The van der Waals surface area contributed by atoms with E-state index >= 15 is 0 Å². The van der Waals surface area contributed by atoms with E-state index in [1.165, 1.54) is 12.1 Å². The van der Waals surface area contributed by atoms with Crippen LogP contribution in [-0.4, -0.2) is 64.7 Å². The summed E-state index contributed by atoms with van der Waals surface area (Å²) in [7, 11) is 0. The highest BCUT2D eigenvalue weighted by molar-refractivity contribution is 6.30. The van der Waals surface area contributed by atoms with E-state index in [4.69, 9.17) is 16.3 Å². The zero-order valence-corrected chi connectivity index (χ0v) is 24.0. The number of benzene rings is 2. The Bertz CT molecular complexity index is 1540. The van der Waals surface area contributed by atoms with Gasteiger partial charge in [-0.25, -0.2) is 14.2 Å². The number of alkyl carbamates (subject to hydrolysis) is 1. The topological polar surface area (TPSA) is 90.6 Å². The summed E-state index contributed by atoms with van der Waals surface area (Å²) in [4.78, 5) is 38.1. The number of H-pyrrole nitrogens is 1. The van der Waals surface area contributed by atoms with E-state index in [2.05, 4.69) is 20.2 Å². The van der Waals surface area contributed by atoms with Crippen molar-refractivity contribution in [3.8, 4) is 11.1 Å². The highest BCUT2D eigenvalue weighted by Gasteiger charge is 2.31. The van der Waals surface area contributed by atoms with Crippen molar-refractivity contribution in [2.45, 2.75) is 38.8 Å². The fourth-order valence-corrected chi connectivity index (χ4v) is 5.20. The lowest BCUT2D eigenvalue weighted by atomic mass is 10.0. The van der Waals surface area contributed by atoms with Crippen LogP contribution in [0, 0.1) is 5.82 Å². The highest BCUT2D eigenvalue weighted by Crippen LogP contribution is 2.37. The molecule has 8 nitrogen and oxygen atoms in total. The Labute approximate surface area is 243 Å². The second-order valence-electron chi connectivity index (χ2n) is 11.1. The molecule has 3 heterocycles. The zero-order chi connectivity index (χ0) is 29.1. The quantitative estimate of drug-likeness (QED) is 0.302.